The Hall–Kier alpha value is -2.90. The van der Waals surface area contributed by atoms with Gasteiger partial charge in [0, 0.05) is 48.6 Å². The first-order valence-corrected chi connectivity index (χ1v) is 10.6. The molecule has 1 aromatic heterocycles. The average Bonchev–Trinajstić information content (AvgIpc) is 3.25. The van der Waals surface area contributed by atoms with Crippen LogP contribution in [0.25, 0.3) is 5.69 Å². The van der Waals surface area contributed by atoms with Crippen LogP contribution in [0.2, 0.25) is 5.02 Å². The van der Waals surface area contributed by atoms with Crippen molar-refractivity contribution in [2.45, 2.75) is 13.0 Å². The lowest BCUT2D eigenvalue weighted by atomic mass is 10.0. The number of anilines is 1. The Balaban J connectivity index is 1.51. The molecule has 0 saturated carbocycles. The Morgan fingerprint density at radius 1 is 1.13 bits per heavy atom. The van der Waals surface area contributed by atoms with Gasteiger partial charge in [0.05, 0.1) is 11.7 Å². The van der Waals surface area contributed by atoms with Crippen molar-refractivity contribution >= 4 is 23.2 Å². The molecule has 1 atom stereocenters. The van der Waals surface area contributed by atoms with Crippen LogP contribution in [0.4, 0.5) is 10.1 Å². The third-order valence-electron chi connectivity index (χ3n) is 5.54. The summed E-state index contributed by atoms with van der Waals surface area (Å²) in [7, 11) is 2.09. The number of amides is 1. The lowest BCUT2D eigenvalue weighted by Crippen LogP contribution is -2.45. The molecule has 2 heterocycles. The zero-order chi connectivity index (χ0) is 22.0. The summed E-state index contributed by atoms with van der Waals surface area (Å²) in [5.74, 6) is -0.638. The third-order valence-corrected chi connectivity index (χ3v) is 5.78. The van der Waals surface area contributed by atoms with Crippen LogP contribution in [0.3, 0.4) is 0 Å². The van der Waals surface area contributed by atoms with E-state index in [9.17, 15) is 9.18 Å². The van der Waals surface area contributed by atoms with Crippen molar-refractivity contribution < 1.29 is 9.18 Å². The summed E-state index contributed by atoms with van der Waals surface area (Å²) in [5, 5.41) is 7.91. The van der Waals surface area contributed by atoms with Gasteiger partial charge in [-0.2, -0.15) is 5.10 Å². The van der Waals surface area contributed by atoms with Crippen molar-refractivity contribution in [2.75, 3.05) is 38.1 Å². The van der Waals surface area contributed by atoms with E-state index in [-0.39, 0.29) is 23.5 Å². The summed E-state index contributed by atoms with van der Waals surface area (Å²) in [5.41, 5.74) is 2.75. The Bertz CT molecular complexity index is 1080. The summed E-state index contributed by atoms with van der Waals surface area (Å²) in [4.78, 5) is 17.3. The number of rotatable bonds is 5. The van der Waals surface area contributed by atoms with Crippen LogP contribution in [0.5, 0.6) is 0 Å². The summed E-state index contributed by atoms with van der Waals surface area (Å²) in [6.45, 7) is 5.47. The van der Waals surface area contributed by atoms with E-state index < -0.39 is 0 Å². The lowest BCUT2D eigenvalue weighted by Gasteiger charge is -2.36. The van der Waals surface area contributed by atoms with Crippen molar-refractivity contribution in [2.24, 2.45) is 0 Å². The minimum Gasteiger partial charge on any atom is -0.369 e. The summed E-state index contributed by atoms with van der Waals surface area (Å²) >= 11 is 6.04. The number of likely N-dealkylation sites (N-methyl/N-ethyl adjacent to an activating group) is 1. The molecular formula is C23H25ClFN5O. The molecule has 3 aromatic rings. The molecule has 1 fully saturated rings. The second-order valence-corrected chi connectivity index (χ2v) is 8.25. The van der Waals surface area contributed by atoms with Gasteiger partial charge >= 0.3 is 0 Å². The minimum absolute atomic E-state index is 0.282. The topological polar surface area (TPSA) is 53.4 Å². The molecule has 1 aliphatic rings. The summed E-state index contributed by atoms with van der Waals surface area (Å²) in [6.07, 6.45) is 1.71. The highest BCUT2D eigenvalue weighted by Gasteiger charge is 2.22. The molecule has 1 aliphatic heterocycles. The largest absolute Gasteiger partial charge is 0.369 e. The van der Waals surface area contributed by atoms with Gasteiger partial charge in [0.15, 0.2) is 5.69 Å². The van der Waals surface area contributed by atoms with E-state index in [0.717, 1.165) is 43.1 Å². The molecule has 0 spiro atoms. The number of hydrogen-bond acceptors (Lipinski definition) is 4. The van der Waals surface area contributed by atoms with Gasteiger partial charge in [-0.3, -0.25) is 4.79 Å². The van der Waals surface area contributed by atoms with Crippen molar-refractivity contribution in [3.05, 3.63) is 76.8 Å². The van der Waals surface area contributed by atoms with Gasteiger partial charge in [-0.15, -0.1) is 0 Å². The van der Waals surface area contributed by atoms with Gasteiger partial charge in [0.25, 0.3) is 5.91 Å². The highest BCUT2D eigenvalue weighted by molar-refractivity contribution is 6.30. The van der Waals surface area contributed by atoms with E-state index in [1.807, 2.05) is 19.1 Å². The third kappa shape index (κ3) is 4.89. The maximum absolute atomic E-state index is 14.1. The first-order valence-electron chi connectivity index (χ1n) is 10.3. The zero-order valence-electron chi connectivity index (χ0n) is 17.6. The first-order chi connectivity index (χ1) is 14.9. The van der Waals surface area contributed by atoms with E-state index in [1.165, 1.54) is 12.1 Å². The number of hydrogen-bond donors (Lipinski definition) is 1. The molecule has 1 unspecified atom stereocenters. The Kier molecular flexibility index (Phi) is 6.25. The predicted octanol–water partition coefficient (Wildman–Crippen LogP) is 3.91. The van der Waals surface area contributed by atoms with Crippen molar-refractivity contribution in [3.8, 4) is 5.69 Å². The van der Waals surface area contributed by atoms with E-state index in [1.54, 1.807) is 35.1 Å². The van der Waals surface area contributed by atoms with Crippen LogP contribution in [-0.2, 0) is 0 Å². The number of nitrogens with zero attached hydrogens (tertiary/aromatic N) is 4. The Morgan fingerprint density at radius 3 is 2.65 bits per heavy atom. The number of piperazine rings is 1. The zero-order valence-corrected chi connectivity index (χ0v) is 18.3. The fraction of sp³-hybridized carbons (Fsp3) is 0.304. The average molecular weight is 442 g/mol. The number of nitrogens with one attached hydrogen (secondary N) is 1. The predicted molar refractivity (Wildman–Crippen MR) is 121 cm³/mol. The maximum Gasteiger partial charge on any atom is 0.272 e. The fourth-order valence-electron chi connectivity index (χ4n) is 3.76. The molecule has 2 aromatic carbocycles. The molecule has 1 N–H and O–H groups in total. The van der Waals surface area contributed by atoms with Gasteiger partial charge in [0.1, 0.15) is 5.82 Å². The molecule has 1 amide bonds. The summed E-state index contributed by atoms with van der Waals surface area (Å²) in [6, 6.07) is 13.3. The molecule has 0 aliphatic carbocycles. The second-order valence-electron chi connectivity index (χ2n) is 7.81. The second kappa shape index (κ2) is 9.08. The van der Waals surface area contributed by atoms with Crippen molar-refractivity contribution in [1.29, 1.82) is 0 Å². The van der Waals surface area contributed by atoms with Crippen LogP contribution < -0.4 is 10.2 Å². The molecule has 0 radical (unpaired) electrons. The monoisotopic (exact) mass is 441 g/mol. The van der Waals surface area contributed by atoms with Gasteiger partial charge in [-0.25, -0.2) is 9.07 Å². The SMILES string of the molecule is CC(NC(=O)c1ccn(-c2cccc(Cl)c2)n1)c1cc(F)ccc1N1CCN(C)CC1. The van der Waals surface area contributed by atoms with Gasteiger partial charge in [-0.1, -0.05) is 17.7 Å². The fourth-order valence-corrected chi connectivity index (χ4v) is 3.95. The van der Waals surface area contributed by atoms with Crippen molar-refractivity contribution in [1.82, 2.24) is 20.0 Å². The molecule has 8 heteroatoms. The van der Waals surface area contributed by atoms with Gasteiger partial charge in [0.2, 0.25) is 0 Å². The van der Waals surface area contributed by atoms with E-state index in [4.69, 9.17) is 11.6 Å². The van der Waals surface area contributed by atoms with Crippen LogP contribution in [0.15, 0.2) is 54.7 Å². The number of carbonyl (C=O) groups excluding carboxylic acids is 1. The number of halogens is 2. The quantitative estimate of drug-likeness (QED) is 0.652. The van der Waals surface area contributed by atoms with Crippen LogP contribution >= 0.6 is 11.6 Å². The number of benzene rings is 2. The maximum atomic E-state index is 14.1. The first kappa shape index (κ1) is 21.3. The standard InChI is InChI=1S/C23H25ClFN5O/c1-16(20-15-18(25)6-7-22(20)29-12-10-28(2)11-13-29)26-23(31)21-8-9-30(27-21)19-5-3-4-17(24)14-19/h3-9,14-16H,10-13H2,1-2H3,(H,26,31). The normalized spacial score (nSPS) is 15.7. The highest BCUT2D eigenvalue weighted by atomic mass is 35.5. The molecule has 0 bridgehead atoms. The summed E-state index contributed by atoms with van der Waals surface area (Å²) < 4.78 is 15.7. The molecule has 1 saturated heterocycles. The van der Waals surface area contributed by atoms with E-state index in [0.29, 0.717) is 5.02 Å². The highest BCUT2D eigenvalue weighted by Crippen LogP contribution is 2.28. The minimum atomic E-state index is -0.380. The van der Waals surface area contributed by atoms with Gasteiger partial charge < -0.3 is 15.1 Å². The van der Waals surface area contributed by atoms with Crippen molar-refractivity contribution in [3.63, 3.8) is 0 Å². The number of aromatic nitrogens is 2. The lowest BCUT2D eigenvalue weighted by molar-refractivity contribution is 0.0934. The van der Waals surface area contributed by atoms with E-state index in [2.05, 4.69) is 27.3 Å². The smallest absolute Gasteiger partial charge is 0.272 e. The Morgan fingerprint density at radius 2 is 1.90 bits per heavy atom. The molecule has 162 valence electrons. The molecular weight excluding hydrogens is 417 g/mol. The van der Waals surface area contributed by atoms with Crippen LogP contribution in [-0.4, -0.2) is 53.8 Å². The van der Waals surface area contributed by atoms with E-state index >= 15 is 0 Å². The Labute approximate surface area is 186 Å². The molecule has 6 nitrogen and oxygen atoms in total. The molecule has 31 heavy (non-hydrogen) atoms. The van der Waals surface area contributed by atoms with Crippen LogP contribution in [0, 0.1) is 5.82 Å². The number of carbonyl (C=O) groups is 1. The van der Waals surface area contributed by atoms with Crippen LogP contribution in [0.1, 0.15) is 29.0 Å². The van der Waals surface area contributed by atoms with Gasteiger partial charge in [-0.05, 0) is 56.4 Å². The molecule has 4 rings (SSSR count).